The van der Waals surface area contributed by atoms with E-state index in [1.54, 1.807) is 6.26 Å². The Balaban J connectivity index is 1.76. The molecule has 0 bridgehead atoms. The van der Waals surface area contributed by atoms with Crippen molar-refractivity contribution in [2.45, 2.75) is 32.4 Å². The van der Waals surface area contributed by atoms with Crippen LogP contribution in [0.15, 0.2) is 33.4 Å². The van der Waals surface area contributed by atoms with Crippen molar-refractivity contribution < 1.29 is 4.42 Å². The maximum absolute atomic E-state index is 5.53. The van der Waals surface area contributed by atoms with Crippen molar-refractivity contribution in [2.75, 3.05) is 0 Å². The largest absolute Gasteiger partial charge is 0.444 e. The molecule has 1 fully saturated rings. The fourth-order valence-electron chi connectivity index (χ4n) is 1.83. The zero-order chi connectivity index (χ0) is 12.5. The molecule has 18 heavy (non-hydrogen) atoms. The average Bonchev–Trinajstić information content (AvgIpc) is 3.08. The van der Waals surface area contributed by atoms with Gasteiger partial charge in [0.25, 0.3) is 0 Å². The zero-order valence-corrected chi connectivity index (χ0v) is 11.8. The van der Waals surface area contributed by atoms with E-state index in [1.807, 2.05) is 12.1 Å². The lowest BCUT2D eigenvalue weighted by Gasteiger charge is -2.00. The van der Waals surface area contributed by atoms with Gasteiger partial charge in [0.15, 0.2) is 0 Å². The van der Waals surface area contributed by atoms with E-state index in [1.165, 1.54) is 18.4 Å². The number of nitrogens with one attached hydrogen (secondary N) is 1. The minimum Gasteiger partial charge on any atom is -0.444 e. The number of hydrogen-bond acceptors (Lipinski definition) is 3. The van der Waals surface area contributed by atoms with Crippen molar-refractivity contribution in [2.24, 2.45) is 0 Å². The maximum atomic E-state index is 5.53. The molecule has 1 aliphatic carbocycles. The van der Waals surface area contributed by atoms with E-state index in [0.29, 0.717) is 11.9 Å². The number of nitrogens with zero attached hydrogens (tertiary/aromatic N) is 1. The number of oxazole rings is 1. The molecule has 0 amide bonds. The highest BCUT2D eigenvalue weighted by molar-refractivity contribution is 9.10. The first-order valence-electron chi connectivity index (χ1n) is 6.17. The quantitative estimate of drug-likeness (QED) is 0.936. The highest BCUT2D eigenvalue weighted by Crippen LogP contribution is 2.25. The molecule has 3 nitrogen and oxygen atoms in total. The Bertz CT molecular complexity index is 561. The minimum absolute atomic E-state index is 0.693. The Morgan fingerprint density at radius 3 is 3.00 bits per heavy atom. The first-order valence-corrected chi connectivity index (χ1v) is 6.96. The van der Waals surface area contributed by atoms with E-state index < -0.39 is 0 Å². The number of aryl methyl sites for hydroxylation is 1. The van der Waals surface area contributed by atoms with Crippen LogP contribution in [-0.2, 0) is 6.54 Å². The van der Waals surface area contributed by atoms with Crippen LogP contribution in [0.1, 0.15) is 24.1 Å². The molecular formula is C14H15BrN2O. The van der Waals surface area contributed by atoms with Crippen molar-refractivity contribution in [3.63, 3.8) is 0 Å². The molecule has 0 radical (unpaired) electrons. The minimum atomic E-state index is 0.693. The van der Waals surface area contributed by atoms with Crippen LogP contribution in [-0.4, -0.2) is 11.0 Å². The lowest BCUT2D eigenvalue weighted by Crippen LogP contribution is -2.15. The molecule has 0 saturated heterocycles. The van der Waals surface area contributed by atoms with Gasteiger partial charge in [0.1, 0.15) is 6.26 Å². The molecule has 1 heterocycles. The summed E-state index contributed by atoms with van der Waals surface area (Å²) in [4.78, 5) is 4.51. The van der Waals surface area contributed by atoms with E-state index in [2.05, 4.69) is 39.2 Å². The van der Waals surface area contributed by atoms with Gasteiger partial charge in [0.2, 0.25) is 5.89 Å². The Hall–Kier alpha value is -1.13. The van der Waals surface area contributed by atoms with E-state index in [-0.39, 0.29) is 0 Å². The number of benzene rings is 1. The predicted molar refractivity (Wildman–Crippen MR) is 74.2 cm³/mol. The van der Waals surface area contributed by atoms with Gasteiger partial charge in [-0.05, 0) is 43.5 Å². The van der Waals surface area contributed by atoms with Gasteiger partial charge in [-0.15, -0.1) is 0 Å². The first-order chi connectivity index (χ1) is 8.72. The summed E-state index contributed by atoms with van der Waals surface area (Å²) in [6.45, 7) is 2.86. The highest BCUT2D eigenvalue weighted by atomic mass is 79.9. The van der Waals surface area contributed by atoms with Crippen LogP contribution in [0, 0.1) is 6.92 Å². The van der Waals surface area contributed by atoms with Crippen molar-refractivity contribution in [3.05, 3.63) is 40.2 Å². The van der Waals surface area contributed by atoms with E-state index in [0.717, 1.165) is 22.3 Å². The summed E-state index contributed by atoms with van der Waals surface area (Å²) in [6, 6.07) is 6.81. The van der Waals surface area contributed by atoms with E-state index >= 15 is 0 Å². The molecule has 0 aliphatic heterocycles. The standard InChI is InChI=1S/C14H15BrN2O/c1-9-6-10(2-5-13(9)15)14-17-12(8-18-14)7-16-11-3-4-11/h2,5-6,8,11,16H,3-4,7H2,1H3. The van der Waals surface area contributed by atoms with Crippen molar-refractivity contribution >= 4 is 15.9 Å². The van der Waals surface area contributed by atoms with Crippen LogP contribution >= 0.6 is 15.9 Å². The number of hydrogen-bond donors (Lipinski definition) is 1. The van der Waals surface area contributed by atoms with Gasteiger partial charge in [0, 0.05) is 22.6 Å². The third-order valence-corrected chi connectivity index (χ3v) is 4.00. The van der Waals surface area contributed by atoms with Crippen molar-refractivity contribution in [3.8, 4) is 11.5 Å². The van der Waals surface area contributed by atoms with Crippen molar-refractivity contribution in [1.82, 2.24) is 10.3 Å². The molecule has 4 heteroatoms. The van der Waals surface area contributed by atoms with Gasteiger partial charge < -0.3 is 9.73 Å². The van der Waals surface area contributed by atoms with Crippen LogP contribution in [0.2, 0.25) is 0 Å². The summed E-state index contributed by atoms with van der Waals surface area (Å²) in [5.74, 6) is 0.693. The smallest absolute Gasteiger partial charge is 0.226 e. The Labute approximate surface area is 115 Å². The molecule has 2 aromatic rings. The third-order valence-electron chi connectivity index (χ3n) is 3.11. The van der Waals surface area contributed by atoms with Gasteiger partial charge in [-0.2, -0.15) is 0 Å². The molecule has 1 N–H and O–H groups in total. The van der Waals surface area contributed by atoms with Crippen LogP contribution < -0.4 is 5.32 Å². The summed E-state index contributed by atoms with van der Waals surface area (Å²) in [7, 11) is 0. The van der Waals surface area contributed by atoms with Crippen LogP contribution in [0.4, 0.5) is 0 Å². The van der Waals surface area contributed by atoms with E-state index in [9.17, 15) is 0 Å². The lowest BCUT2D eigenvalue weighted by atomic mass is 10.1. The van der Waals surface area contributed by atoms with Crippen LogP contribution in [0.5, 0.6) is 0 Å². The van der Waals surface area contributed by atoms with E-state index in [4.69, 9.17) is 4.42 Å². The van der Waals surface area contributed by atoms with Gasteiger partial charge in [-0.1, -0.05) is 15.9 Å². The Morgan fingerprint density at radius 1 is 1.44 bits per heavy atom. The molecule has 1 saturated carbocycles. The third kappa shape index (κ3) is 2.65. The monoisotopic (exact) mass is 306 g/mol. The van der Waals surface area contributed by atoms with Gasteiger partial charge >= 0.3 is 0 Å². The summed E-state index contributed by atoms with van der Waals surface area (Å²) in [5.41, 5.74) is 3.18. The summed E-state index contributed by atoms with van der Waals surface area (Å²) in [6.07, 6.45) is 4.31. The van der Waals surface area contributed by atoms with Gasteiger partial charge in [0.05, 0.1) is 5.69 Å². The molecule has 0 spiro atoms. The SMILES string of the molecule is Cc1cc(-c2nc(CNC3CC3)co2)ccc1Br. The molecule has 1 aromatic heterocycles. The summed E-state index contributed by atoms with van der Waals surface area (Å²) < 4.78 is 6.64. The molecule has 1 aromatic carbocycles. The van der Waals surface area contributed by atoms with Gasteiger partial charge in [-0.25, -0.2) is 4.98 Å². The first kappa shape index (κ1) is 11.9. The average molecular weight is 307 g/mol. The normalized spacial score (nSPS) is 15.0. The summed E-state index contributed by atoms with van der Waals surface area (Å²) >= 11 is 3.49. The molecule has 0 unspecified atom stereocenters. The number of halogens is 1. The Morgan fingerprint density at radius 2 is 2.28 bits per heavy atom. The second-order valence-corrected chi connectivity index (χ2v) is 5.62. The fourth-order valence-corrected chi connectivity index (χ4v) is 2.08. The van der Waals surface area contributed by atoms with Crippen LogP contribution in [0.25, 0.3) is 11.5 Å². The number of aromatic nitrogens is 1. The molecule has 0 atom stereocenters. The topological polar surface area (TPSA) is 38.1 Å². The molecule has 1 aliphatic rings. The second kappa shape index (κ2) is 4.86. The molecule has 3 rings (SSSR count). The van der Waals surface area contributed by atoms with Gasteiger partial charge in [-0.3, -0.25) is 0 Å². The zero-order valence-electron chi connectivity index (χ0n) is 10.2. The highest BCUT2D eigenvalue weighted by Gasteiger charge is 2.20. The Kier molecular flexibility index (Phi) is 3.22. The fraction of sp³-hybridized carbons (Fsp3) is 0.357. The van der Waals surface area contributed by atoms with Crippen LogP contribution in [0.3, 0.4) is 0 Å². The molecular weight excluding hydrogens is 292 g/mol. The van der Waals surface area contributed by atoms with Crippen molar-refractivity contribution in [1.29, 1.82) is 0 Å². The maximum Gasteiger partial charge on any atom is 0.226 e. The molecule has 94 valence electrons. The summed E-state index contributed by atoms with van der Waals surface area (Å²) in [5, 5.41) is 3.43. The second-order valence-electron chi connectivity index (χ2n) is 4.76. The number of rotatable bonds is 4. The lowest BCUT2D eigenvalue weighted by molar-refractivity contribution is 0.570. The predicted octanol–water partition coefficient (Wildman–Crippen LogP) is 3.66.